The van der Waals surface area contributed by atoms with Crippen molar-refractivity contribution in [3.63, 3.8) is 0 Å². The van der Waals surface area contributed by atoms with Crippen molar-refractivity contribution in [3.8, 4) is 0 Å². The van der Waals surface area contributed by atoms with E-state index in [2.05, 4.69) is 12.1 Å². The van der Waals surface area contributed by atoms with Crippen LogP contribution < -0.4 is 0 Å². The third kappa shape index (κ3) is 2.32. The van der Waals surface area contributed by atoms with E-state index >= 15 is 0 Å². The molecule has 5 heteroatoms. The Hall–Kier alpha value is -1.36. The van der Waals surface area contributed by atoms with Gasteiger partial charge in [-0.3, -0.25) is 4.79 Å². The van der Waals surface area contributed by atoms with Crippen LogP contribution in [-0.2, 0) is 11.3 Å². The minimum Gasteiger partial charge on any atom is -0.390 e. The topological polar surface area (TPSA) is 66.6 Å². The minimum absolute atomic E-state index is 0.164. The molecule has 1 aromatic rings. The quantitative estimate of drug-likeness (QED) is 0.927. The number of hydrogen-bond donors (Lipinski definition) is 1. The highest BCUT2D eigenvalue weighted by molar-refractivity contribution is 5.83. The number of aromatic nitrogens is 1. The molecule has 4 bridgehead atoms. The van der Waals surface area contributed by atoms with Gasteiger partial charge in [0.25, 0.3) is 0 Å². The smallest absolute Gasteiger partial charge is 0.229 e. The first kappa shape index (κ1) is 15.2. The van der Waals surface area contributed by atoms with Gasteiger partial charge < -0.3 is 14.5 Å². The summed E-state index contributed by atoms with van der Waals surface area (Å²) in [6.07, 6.45) is 8.14. The fraction of sp³-hybridized carbons (Fsp3) is 0.778. The molecule has 0 aliphatic heterocycles. The van der Waals surface area contributed by atoms with E-state index in [0.717, 1.165) is 32.1 Å². The van der Waals surface area contributed by atoms with Gasteiger partial charge in [-0.1, -0.05) is 18.5 Å². The molecular weight excluding hydrogens is 292 g/mol. The fourth-order valence-electron chi connectivity index (χ4n) is 6.25. The first-order chi connectivity index (χ1) is 10.9. The SMILES string of the molecule is CC[C@@]12C[C@@H]3C[C@@](O)(C1)C[C@@](C(=O)N(C)Cc1ccno1)(C3)C2. The molecular formula is C18H26N2O3. The number of amides is 1. The molecule has 23 heavy (non-hydrogen) atoms. The van der Waals surface area contributed by atoms with Gasteiger partial charge in [0.1, 0.15) is 0 Å². The maximum absolute atomic E-state index is 13.3. The van der Waals surface area contributed by atoms with Crippen LogP contribution in [0.25, 0.3) is 0 Å². The van der Waals surface area contributed by atoms with Crippen molar-refractivity contribution in [2.24, 2.45) is 16.7 Å². The minimum atomic E-state index is -0.627. The monoisotopic (exact) mass is 318 g/mol. The lowest BCUT2D eigenvalue weighted by Gasteiger charge is -2.64. The normalized spacial score (nSPS) is 41.3. The van der Waals surface area contributed by atoms with E-state index in [1.807, 2.05) is 7.05 Å². The molecule has 4 aliphatic rings. The third-order valence-corrected chi connectivity index (χ3v) is 6.59. The van der Waals surface area contributed by atoms with Crippen LogP contribution in [0.15, 0.2) is 16.8 Å². The van der Waals surface area contributed by atoms with Crippen LogP contribution in [0.5, 0.6) is 0 Å². The zero-order chi connectivity index (χ0) is 16.3. The molecule has 0 spiro atoms. The molecule has 1 aromatic heterocycles. The van der Waals surface area contributed by atoms with Gasteiger partial charge in [-0.2, -0.15) is 0 Å². The number of carbonyl (C=O) groups is 1. The maximum Gasteiger partial charge on any atom is 0.229 e. The highest BCUT2D eigenvalue weighted by atomic mass is 16.5. The molecule has 1 amide bonds. The van der Waals surface area contributed by atoms with Gasteiger partial charge in [0, 0.05) is 13.1 Å². The summed E-state index contributed by atoms with van der Waals surface area (Å²) >= 11 is 0. The Bertz CT molecular complexity index is 616. The van der Waals surface area contributed by atoms with Crippen LogP contribution in [0.3, 0.4) is 0 Å². The molecule has 4 fully saturated rings. The molecule has 5 rings (SSSR count). The van der Waals surface area contributed by atoms with Crippen molar-refractivity contribution in [1.82, 2.24) is 10.1 Å². The van der Waals surface area contributed by atoms with E-state index in [1.165, 1.54) is 6.42 Å². The summed E-state index contributed by atoms with van der Waals surface area (Å²) < 4.78 is 5.14. The van der Waals surface area contributed by atoms with Crippen molar-refractivity contribution < 1.29 is 14.4 Å². The van der Waals surface area contributed by atoms with Gasteiger partial charge in [-0.25, -0.2) is 0 Å². The summed E-state index contributed by atoms with van der Waals surface area (Å²) in [4.78, 5) is 15.0. The zero-order valence-corrected chi connectivity index (χ0v) is 14.0. The van der Waals surface area contributed by atoms with E-state index in [4.69, 9.17) is 4.52 Å². The largest absolute Gasteiger partial charge is 0.390 e. The second-order valence-electron chi connectivity index (χ2n) is 8.51. The molecule has 126 valence electrons. The lowest BCUT2D eigenvalue weighted by atomic mass is 9.42. The van der Waals surface area contributed by atoms with Gasteiger partial charge in [0.2, 0.25) is 5.91 Å². The molecule has 0 unspecified atom stereocenters. The van der Waals surface area contributed by atoms with Crippen LogP contribution in [0.4, 0.5) is 0 Å². The average molecular weight is 318 g/mol. The molecule has 4 saturated carbocycles. The molecule has 0 aromatic carbocycles. The molecule has 5 nitrogen and oxygen atoms in total. The Kier molecular flexibility index (Phi) is 3.18. The van der Waals surface area contributed by atoms with Crippen LogP contribution in [0, 0.1) is 16.7 Å². The van der Waals surface area contributed by atoms with Crippen LogP contribution in [0.1, 0.15) is 57.6 Å². The van der Waals surface area contributed by atoms with E-state index in [1.54, 1.807) is 17.2 Å². The van der Waals surface area contributed by atoms with Gasteiger partial charge >= 0.3 is 0 Å². The Morgan fingerprint density at radius 3 is 2.87 bits per heavy atom. The summed E-state index contributed by atoms with van der Waals surface area (Å²) in [6, 6.07) is 1.80. The summed E-state index contributed by atoms with van der Waals surface area (Å²) in [5, 5.41) is 14.8. The van der Waals surface area contributed by atoms with Crippen molar-refractivity contribution in [1.29, 1.82) is 0 Å². The first-order valence-electron chi connectivity index (χ1n) is 8.75. The second kappa shape index (κ2) is 4.82. The highest BCUT2D eigenvalue weighted by Crippen LogP contribution is 2.67. The number of nitrogens with zero attached hydrogens (tertiary/aromatic N) is 2. The van der Waals surface area contributed by atoms with Gasteiger partial charge in [0.15, 0.2) is 5.76 Å². The predicted octanol–water partition coefficient (Wildman–Crippen LogP) is 2.74. The van der Waals surface area contributed by atoms with Crippen molar-refractivity contribution >= 4 is 5.91 Å². The third-order valence-electron chi connectivity index (χ3n) is 6.59. The van der Waals surface area contributed by atoms with Crippen LogP contribution in [0.2, 0.25) is 0 Å². The Morgan fingerprint density at radius 1 is 1.39 bits per heavy atom. The van der Waals surface area contributed by atoms with E-state index in [0.29, 0.717) is 24.6 Å². The summed E-state index contributed by atoms with van der Waals surface area (Å²) in [6.45, 7) is 2.66. The maximum atomic E-state index is 13.3. The standard InChI is InChI=1S/C18H26N2O3/c1-3-16-6-13-7-17(10-16,12-18(22,8-13)11-16)15(21)20(2)9-14-4-5-19-23-14/h4-5,13,22H,3,6-12H2,1-2H3/t13-,16-,17+,18+/m0/s1. The van der Waals surface area contributed by atoms with E-state index in [-0.39, 0.29) is 16.7 Å². The number of aliphatic hydroxyl groups is 1. The van der Waals surface area contributed by atoms with Gasteiger partial charge in [0.05, 0.1) is 23.8 Å². The van der Waals surface area contributed by atoms with Crippen LogP contribution in [-0.4, -0.2) is 33.7 Å². The second-order valence-corrected chi connectivity index (χ2v) is 8.51. The summed E-state index contributed by atoms with van der Waals surface area (Å²) in [5.74, 6) is 1.38. The van der Waals surface area contributed by atoms with Crippen molar-refractivity contribution in [2.45, 2.75) is 64.0 Å². The lowest BCUT2D eigenvalue weighted by molar-refractivity contribution is -0.209. The van der Waals surface area contributed by atoms with Gasteiger partial charge in [-0.05, 0) is 49.9 Å². The lowest BCUT2D eigenvalue weighted by Crippen LogP contribution is -2.63. The van der Waals surface area contributed by atoms with E-state index < -0.39 is 5.60 Å². The van der Waals surface area contributed by atoms with Crippen LogP contribution >= 0.6 is 0 Å². The molecule has 0 radical (unpaired) electrons. The molecule has 4 aliphatic carbocycles. The number of carbonyl (C=O) groups excluding carboxylic acids is 1. The molecule has 0 saturated heterocycles. The summed E-state index contributed by atoms with van der Waals surface area (Å²) in [7, 11) is 1.84. The van der Waals surface area contributed by atoms with Gasteiger partial charge in [-0.15, -0.1) is 0 Å². The number of hydrogen-bond acceptors (Lipinski definition) is 4. The molecule has 1 N–H and O–H groups in total. The average Bonchev–Trinajstić information content (AvgIpc) is 2.96. The molecule has 4 atom stereocenters. The van der Waals surface area contributed by atoms with E-state index in [9.17, 15) is 9.90 Å². The Balaban J connectivity index is 1.61. The summed E-state index contributed by atoms with van der Waals surface area (Å²) in [5.41, 5.74) is -0.839. The number of rotatable bonds is 4. The zero-order valence-electron chi connectivity index (χ0n) is 14.0. The Morgan fingerprint density at radius 2 is 2.22 bits per heavy atom. The molecule has 1 heterocycles. The Labute approximate surface area is 137 Å². The first-order valence-corrected chi connectivity index (χ1v) is 8.75. The fourth-order valence-corrected chi connectivity index (χ4v) is 6.25. The highest BCUT2D eigenvalue weighted by Gasteiger charge is 2.65. The predicted molar refractivity (Wildman–Crippen MR) is 84.3 cm³/mol. The van der Waals surface area contributed by atoms with Crippen molar-refractivity contribution in [2.75, 3.05) is 7.05 Å². The van der Waals surface area contributed by atoms with Crippen molar-refractivity contribution in [3.05, 3.63) is 18.0 Å².